The molecule has 0 aromatic heterocycles. The topological polar surface area (TPSA) is 83.0 Å². The molecular formula is C17H26N4O3S. The van der Waals surface area contributed by atoms with E-state index in [1.165, 1.54) is 0 Å². The van der Waals surface area contributed by atoms with Gasteiger partial charge in [0.1, 0.15) is 5.84 Å². The molecule has 25 heavy (non-hydrogen) atoms. The van der Waals surface area contributed by atoms with Crippen LogP contribution in [0.15, 0.2) is 40.2 Å². The van der Waals surface area contributed by atoms with Crippen molar-refractivity contribution in [2.75, 3.05) is 46.4 Å². The number of ether oxygens (including phenoxy) is 1. The van der Waals surface area contributed by atoms with E-state index in [0.717, 1.165) is 18.9 Å². The van der Waals surface area contributed by atoms with E-state index in [9.17, 15) is 8.42 Å². The molecule has 1 aromatic carbocycles. The Labute approximate surface area is 149 Å². The molecule has 2 N–H and O–H groups in total. The molecule has 7 nitrogen and oxygen atoms in total. The third-order valence-corrected chi connectivity index (χ3v) is 6.77. The molecule has 2 aliphatic rings. The molecule has 0 atom stereocenters. The fraction of sp³-hybridized carbons (Fsp3) is 0.588. The molecule has 138 valence electrons. The SMILES string of the molecule is COCCNC1=NCCNC12CCN(S(=O)(=O)c1ccccc1)CC2. The second kappa shape index (κ2) is 7.82. The van der Waals surface area contributed by atoms with Crippen LogP contribution in [0.2, 0.25) is 0 Å². The standard InChI is InChI=1S/C17H26N4O3S/c1-24-14-11-19-16-17(20-10-9-18-16)7-12-21(13-8-17)25(22,23)15-5-3-2-4-6-15/h2-6,20H,7-14H2,1H3,(H,18,19). The van der Waals surface area contributed by atoms with E-state index in [4.69, 9.17) is 4.74 Å². The summed E-state index contributed by atoms with van der Waals surface area (Å²) in [6.45, 7) is 3.84. The summed E-state index contributed by atoms with van der Waals surface area (Å²) in [5.41, 5.74) is -0.255. The lowest BCUT2D eigenvalue weighted by molar-refractivity contribution is 0.200. The predicted molar refractivity (Wildman–Crippen MR) is 97.3 cm³/mol. The third kappa shape index (κ3) is 3.87. The van der Waals surface area contributed by atoms with E-state index < -0.39 is 10.0 Å². The second-order valence-electron chi connectivity index (χ2n) is 6.38. The van der Waals surface area contributed by atoms with Crippen molar-refractivity contribution >= 4 is 15.9 Å². The van der Waals surface area contributed by atoms with Crippen LogP contribution in [0.5, 0.6) is 0 Å². The highest BCUT2D eigenvalue weighted by Crippen LogP contribution is 2.28. The second-order valence-corrected chi connectivity index (χ2v) is 8.31. The largest absolute Gasteiger partial charge is 0.383 e. The molecule has 0 saturated carbocycles. The van der Waals surface area contributed by atoms with Gasteiger partial charge in [0.15, 0.2) is 0 Å². The molecule has 8 heteroatoms. The van der Waals surface area contributed by atoms with Crippen molar-refractivity contribution in [2.24, 2.45) is 4.99 Å². The number of amidine groups is 1. The van der Waals surface area contributed by atoms with Crippen LogP contribution in [0, 0.1) is 0 Å². The Morgan fingerprint density at radius 1 is 1.28 bits per heavy atom. The van der Waals surface area contributed by atoms with Crippen LogP contribution < -0.4 is 10.6 Å². The Bertz CT molecular complexity index is 698. The van der Waals surface area contributed by atoms with Crippen LogP contribution in [-0.4, -0.2) is 70.5 Å². The first-order valence-electron chi connectivity index (χ1n) is 8.66. The van der Waals surface area contributed by atoms with Crippen molar-refractivity contribution < 1.29 is 13.2 Å². The van der Waals surface area contributed by atoms with Crippen LogP contribution in [0.1, 0.15) is 12.8 Å². The molecule has 1 saturated heterocycles. The summed E-state index contributed by atoms with van der Waals surface area (Å²) in [5, 5.41) is 6.93. The molecule has 0 unspecified atom stereocenters. The maximum Gasteiger partial charge on any atom is 0.243 e. The summed E-state index contributed by atoms with van der Waals surface area (Å²) < 4.78 is 32.3. The van der Waals surface area contributed by atoms with Gasteiger partial charge in [-0.15, -0.1) is 0 Å². The number of hydrogen-bond acceptors (Lipinski definition) is 6. The zero-order valence-corrected chi connectivity index (χ0v) is 15.4. The van der Waals surface area contributed by atoms with Crippen LogP contribution in [-0.2, 0) is 14.8 Å². The Morgan fingerprint density at radius 2 is 2.00 bits per heavy atom. The Hall–Kier alpha value is -1.48. The van der Waals surface area contributed by atoms with E-state index in [-0.39, 0.29) is 5.54 Å². The molecule has 3 rings (SSSR count). The summed E-state index contributed by atoms with van der Waals surface area (Å²) in [5.74, 6) is 0.938. The minimum absolute atomic E-state index is 0.255. The first kappa shape index (κ1) is 18.3. The summed E-state index contributed by atoms with van der Waals surface area (Å²) in [7, 11) is -1.76. The summed E-state index contributed by atoms with van der Waals surface area (Å²) in [6, 6.07) is 8.64. The lowest BCUT2D eigenvalue weighted by Gasteiger charge is -2.44. The van der Waals surface area contributed by atoms with Gasteiger partial charge in [0.05, 0.1) is 23.6 Å². The highest BCUT2D eigenvalue weighted by atomic mass is 32.2. The zero-order chi connectivity index (χ0) is 17.8. The maximum atomic E-state index is 12.8. The van der Waals surface area contributed by atoms with Gasteiger partial charge < -0.3 is 15.4 Å². The van der Waals surface area contributed by atoms with E-state index >= 15 is 0 Å². The first-order valence-corrected chi connectivity index (χ1v) is 10.1. The Kier molecular flexibility index (Phi) is 5.73. The molecule has 0 bridgehead atoms. The molecule has 0 amide bonds. The molecule has 1 spiro atoms. The Morgan fingerprint density at radius 3 is 2.68 bits per heavy atom. The molecule has 2 heterocycles. The van der Waals surface area contributed by atoms with E-state index in [1.54, 1.807) is 35.7 Å². The number of benzene rings is 1. The number of nitrogens with zero attached hydrogens (tertiary/aromatic N) is 2. The van der Waals surface area contributed by atoms with Crippen molar-refractivity contribution in [3.05, 3.63) is 30.3 Å². The number of nitrogens with one attached hydrogen (secondary N) is 2. The van der Waals surface area contributed by atoms with E-state index in [2.05, 4.69) is 15.6 Å². The number of sulfonamides is 1. The number of aliphatic imine (C=N–C) groups is 1. The summed E-state index contributed by atoms with van der Waals surface area (Å²) in [6.07, 6.45) is 1.41. The van der Waals surface area contributed by atoms with Crippen LogP contribution in [0.25, 0.3) is 0 Å². The monoisotopic (exact) mass is 366 g/mol. The van der Waals surface area contributed by atoms with Crippen molar-refractivity contribution in [2.45, 2.75) is 23.3 Å². The van der Waals surface area contributed by atoms with Gasteiger partial charge in [0, 0.05) is 33.3 Å². The maximum absolute atomic E-state index is 12.8. The molecule has 0 aliphatic carbocycles. The minimum atomic E-state index is -3.43. The summed E-state index contributed by atoms with van der Waals surface area (Å²) in [4.78, 5) is 5.00. The fourth-order valence-electron chi connectivity index (χ4n) is 3.46. The van der Waals surface area contributed by atoms with Gasteiger partial charge in [-0.05, 0) is 25.0 Å². The van der Waals surface area contributed by atoms with Gasteiger partial charge in [-0.2, -0.15) is 4.31 Å². The normalized spacial score (nSPS) is 21.1. The molecular weight excluding hydrogens is 340 g/mol. The van der Waals surface area contributed by atoms with Gasteiger partial charge in [0.2, 0.25) is 10.0 Å². The van der Waals surface area contributed by atoms with Crippen LogP contribution in [0.3, 0.4) is 0 Å². The lowest BCUT2D eigenvalue weighted by Crippen LogP contribution is -2.64. The third-order valence-electron chi connectivity index (χ3n) is 4.85. The molecule has 0 radical (unpaired) electrons. The minimum Gasteiger partial charge on any atom is -0.383 e. The summed E-state index contributed by atoms with van der Waals surface area (Å²) >= 11 is 0. The average molecular weight is 366 g/mol. The van der Waals surface area contributed by atoms with Crippen LogP contribution in [0.4, 0.5) is 0 Å². The number of rotatable bonds is 5. The van der Waals surface area contributed by atoms with Gasteiger partial charge >= 0.3 is 0 Å². The highest BCUT2D eigenvalue weighted by Gasteiger charge is 2.42. The van der Waals surface area contributed by atoms with Gasteiger partial charge in [-0.3, -0.25) is 4.99 Å². The highest BCUT2D eigenvalue weighted by molar-refractivity contribution is 7.89. The molecule has 1 fully saturated rings. The van der Waals surface area contributed by atoms with Gasteiger partial charge in [-0.1, -0.05) is 18.2 Å². The van der Waals surface area contributed by atoms with Crippen LogP contribution >= 0.6 is 0 Å². The van der Waals surface area contributed by atoms with Crippen molar-refractivity contribution in [3.8, 4) is 0 Å². The van der Waals surface area contributed by atoms with Gasteiger partial charge in [-0.25, -0.2) is 8.42 Å². The number of hydrogen-bond donors (Lipinski definition) is 2. The lowest BCUT2D eigenvalue weighted by atomic mass is 9.85. The predicted octanol–water partition coefficient (Wildman–Crippen LogP) is 0.448. The molecule has 2 aliphatic heterocycles. The zero-order valence-electron chi connectivity index (χ0n) is 14.6. The van der Waals surface area contributed by atoms with E-state index in [0.29, 0.717) is 44.0 Å². The van der Waals surface area contributed by atoms with Crippen molar-refractivity contribution in [3.63, 3.8) is 0 Å². The van der Waals surface area contributed by atoms with Crippen molar-refractivity contribution in [1.82, 2.24) is 14.9 Å². The Balaban J connectivity index is 1.70. The molecule has 1 aromatic rings. The average Bonchev–Trinajstić information content (AvgIpc) is 2.65. The number of methoxy groups -OCH3 is 1. The van der Waals surface area contributed by atoms with E-state index in [1.807, 2.05) is 6.07 Å². The quantitative estimate of drug-likeness (QED) is 0.739. The fourth-order valence-corrected chi connectivity index (χ4v) is 4.92. The van der Waals surface area contributed by atoms with Gasteiger partial charge in [0.25, 0.3) is 0 Å². The first-order chi connectivity index (χ1) is 12.1. The van der Waals surface area contributed by atoms with Crippen molar-refractivity contribution in [1.29, 1.82) is 0 Å². The number of piperidine rings is 1. The smallest absolute Gasteiger partial charge is 0.243 e.